The fraction of sp³-hybridized carbons (Fsp3) is 0.400. The van der Waals surface area contributed by atoms with Crippen LogP contribution in [0.3, 0.4) is 0 Å². The fourth-order valence-electron chi connectivity index (χ4n) is 2.24. The zero-order valence-electron chi connectivity index (χ0n) is 11.8. The lowest BCUT2D eigenvalue weighted by molar-refractivity contribution is 0.415. The smallest absolute Gasteiger partial charge is 0.136 e. The first-order chi connectivity index (χ1) is 9.17. The molecule has 0 aliphatic rings. The number of benzene rings is 1. The summed E-state index contributed by atoms with van der Waals surface area (Å²) >= 11 is 0. The normalized spacial score (nSPS) is 11.0. The van der Waals surface area contributed by atoms with Crippen molar-refractivity contribution < 1.29 is 4.74 Å². The monoisotopic (exact) mass is 259 g/mol. The Hall–Kier alpha value is -1.81. The number of fused-ring (bicyclic) bond motifs is 1. The van der Waals surface area contributed by atoms with Crippen LogP contribution in [0.1, 0.15) is 13.8 Å². The Morgan fingerprint density at radius 2 is 2.11 bits per heavy atom. The van der Waals surface area contributed by atoms with E-state index >= 15 is 0 Å². The van der Waals surface area contributed by atoms with Gasteiger partial charge in [0.15, 0.2) is 0 Å². The highest BCUT2D eigenvalue weighted by atomic mass is 16.5. The van der Waals surface area contributed by atoms with E-state index in [9.17, 15) is 0 Å². The van der Waals surface area contributed by atoms with Crippen molar-refractivity contribution in [1.29, 1.82) is 0 Å². The van der Waals surface area contributed by atoms with E-state index in [1.165, 1.54) is 0 Å². The molecular formula is C15H21N3O. The molecule has 19 heavy (non-hydrogen) atoms. The summed E-state index contributed by atoms with van der Waals surface area (Å²) in [5.41, 5.74) is 5.70. The number of nitrogens with two attached hydrogens (primary N) is 1. The Bertz CT molecular complexity index is 554. The van der Waals surface area contributed by atoms with E-state index in [1.807, 2.05) is 24.4 Å². The zero-order valence-corrected chi connectivity index (χ0v) is 11.8. The molecule has 4 nitrogen and oxygen atoms in total. The molecule has 1 aromatic heterocycles. The molecule has 0 spiro atoms. The second kappa shape index (κ2) is 5.89. The average molecular weight is 259 g/mol. The van der Waals surface area contributed by atoms with Crippen LogP contribution in [-0.4, -0.2) is 31.2 Å². The molecule has 0 aliphatic heterocycles. The van der Waals surface area contributed by atoms with Gasteiger partial charge in [-0.25, -0.2) is 4.98 Å². The summed E-state index contributed by atoms with van der Waals surface area (Å²) < 4.78 is 5.26. The van der Waals surface area contributed by atoms with E-state index in [2.05, 4.69) is 29.8 Å². The maximum atomic E-state index is 5.70. The molecule has 2 rings (SSSR count). The first-order valence-electron chi connectivity index (χ1n) is 6.57. The van der Waals surface area contributed by atoms with Gasteiger partial charge in [0.2, 0.25) is 0 Å². The number of methoxy groups -OCH3 is 1. The van der Waals surface area contributed by atoms with Gasteiger partial charge in [0.05, 0.1) is 7.11 Å². The molecule has 0 atom stereocenters. The van der Waals surface area contributed by atoms with Crippen molar-refractivity contribution in [3.05, 3.63) is 30.5 Å². The molecule has 2 N–H and O–H groups in total. The predicted octanol–water partition coefficient (Wildman–Crippen LogP) is 2.42. The third kappa shape index (κ3) is 2.79. The van der Waals surface area contributed by atoms with E-state index in [1.54, 1.807) is 7.11 Å². The lowest BCUT2D eigenvalue weighted by atomic mass is 10.1. The Labute approximate surface area is 114 Å². The van der Waals surface area contributed by atoms with E-state index in [4.69, 9.17) is 10.5 Å². The maximum Gasteiger partial charge on any atom is 0.136 e. The quantitative estimate of drug-likeness (QED) is 0.896. The highest BCUT2D eigenvalue weighted by Gasteiger charge is 2.14. The van der Waals surface area contributed by atoms with Gasteiger partial charge in [0.1, 0.15) is 11.6 Å². The van der Waals surface area contributed by atoms with Crippen molar-refractivity contribution in [2.24, 2.45) is 5.73 Å². The molecule has 0 saturated heterocycles. The molecule has 0 bridgehead atoms. The fourth-order valence-corrected chi connectivity index (χ4v) is 2.24. The van der Waals surface area contributed by atoms with Crippen molar-refractivity contribution >= 4 is 16.6 Å². The predicted molar refractivity (Wildman–Crippen MR) is 79.8 cm³/mol. The van der Waals surface area contributed by atoms with Gasteiger partial charge in [0, 0.05) is 30.7 Å². The van der Waals surface area contributed by atoms with E-state index < -0.39 is 0 Å². The summed E-state index contributed by atoms with van der Waals surface area (Å²) in [5, 5.41) is 2.26. The van der Waals surface area contributed by atoms with Crippen LogP contribution in [0.4, 0.5) is 5.82 Å². The molecule has 2 aromatic rings. The van der Waals surface area contributed by atoms with Gasteiger partial charge in [-0.15, -0.1) is 0 Å². The van der Waals surface area contributed by atoms with Gasteiger partial charge in [0.25, 0.3) is 0 Å². The number of pyridine rings is 1. The van der Waals surface area contributed by atoms with Crippen molar-refractivity contribution in [2.45, 2.75) is 19.9 Å². The Morgan fingerprint density at radius 3 is 2.74 bits per heavy atom. The Kier molecular flexibility index (Phi) is 4.22. The number of aromatic nitrogens is 1. The topological polar surface area (TPSA) is 51.4 Å². The van der Waals surface area contributed by atoms with Crippen LogP contribution >= 0.6 is 0 Å². The molecule has 0 saturated carbocycles. The zero-order chi connectivity index (χ0) is 13.8. The summed E-state index contributed by atoms with van der Waals surface area (Å²) in [6.45, 7) is 5.72. The summed E-state index contributed by atoms with van der Waals surface area (Å²) in [6, 6.07) is 8.42. The minimum atomic E-state index is 0.365. The number of anilines is 1. The number of ether oxygens (including phenoxy) is 1. The molecule has 1 heterocycles. The Morgan fingerprint density at radius 1 is 1.32 bits per heavy atom. The SMILES string of the molecule is COc1ccc2c(N(CCN)C(C)C)nccc2c1. The van der Waals surface area contributed by atoms with Crippen LogP contribution in [0.15, 0.2) is 30.5 Å². The summed E-state index contributed by atoms with van der Waals surface area (Å²) in [5.74, 6) is 1.85. The molecular weight excluding hydrogens is 238 g/mol. The molecule has 0 unspecified atom stereocenters. The minimum absolute atomic E-state index is 0.365. The summed E-state index contributed by atoms with van der Waals surface area (Å²) in [6.07, 6.45) is 1.84. The molecule has 0 amide bonds. The van der Waals surface area contributed by atoms with Crippen molar-refractivity contribution in [3.63, 3.8) is 0 Å². The van der Waals surface area contributed by atoms with Crippen molar-refractivity contribution in [2.75, 3.05) is 25.1 Å². The number of hydrogen-bond acceptors (Lipinski definition) is 4. The number of rotatable bonds is 5. The highest BCUT2D eigenvalue weighted by Crippen LogP contribution is 2.28. The third-order valence-electron chi connectivity index (χ3n) is 3.22. The van der Waals surface area contributed by atoms with Crippen LogP contribution in [0.2, 0.25) is 0 Å². The van der Waals surface area contributed by atoms with Gasteiger partial charge in [-0.2, -0.15) is 0 Å². The van der Waals surface area contributed by atoms with Gasteiger partial charge in [-0.3, -0.25) is 0 Å². The molecule has 0 aliphatic carbocycles. The summed E-state index contributed by atoms with van der Waals surface area (Å²) in [4.78, 5) is 6.76. The number of hydrogen-bond donors (Lipinski definition) is 1. The van der Waals surface area contributed by atoms with Gasteiger partial charge >= 0.3 is 0 Å². The van der Waals surface area contributed by atoms with Gasteiger partial charge in [-0.1, -0.05) is 0 Å². The second-order valence-corrected chi connectivity index (χ2v) is 4.80. The second-order valence-electron chi connectivity index (χ2n) is 4.80. The maximum absolute atomic E-state index is 5.70. The highest BCUT2D eigenvalue weighted by molar-refractivity contribution is 5.93. The van der Waals surface area contributed by atoms with E-state index in [0.29, 0.717) is 12.6 Å². The number of nitrogens with zero attached hydrogens (tertiary/aromatic N) is 2. The molecule has 0 fully saturated rings. The molecule has 4 heteroatoms. The largest absolute Gasteiger partial charge is 0.497 e. The van der Waals surface area contributed by atoms with Crippen molar-refractivity contribution in [1.82, 2.24) is 4.98 Å². The molecule has 0 radical (unpaired) electrons. The van der Waals surface area contributed by atoms with E-state index in [-0.39, 0.29) is 0 Å². The van der Waals surface area contributed by atoms with Crippen LogP contribution in [0.5, 0.6) is 5.75 Å². The minimum Gasteiger partial charge on any atom is -0.497 e. The molecule has 102 valence electrons. The lowest BCUT2D eigenvalue weighted by Crippen LogP contribution is -2.36. The lowest BCUT2D eigenvalue weighted by Gasteiger charge is -2.28. The summed E-state index contributed by atoms with van der Waals surface area (Å²) in [7, 11) is 1.68. The van der Waals surface area contributed by atoms with Crippen LogP contribution < -0.4 is 15.4 Å². The average Bonchev–Trinajstić information content (AvgIpc) is 2.43. The van der Waals surface area contributed by atoms with Gasteiger partial charge < -0.3 is 15.4 Å². The first-order valence-corrected chi connectivity index (χ1v) is 6.57. The van der Waals surface area contributed by atoms with Crippen molar-refractivity contribution in [3.8, 4) is 5.75 Å². The van der Waals surface area contributed by atoms with Crippen LogP contribution in [-0.2, 0) is 0 Å². The molecule has 1 aromatic carbocycles. The van der Waals surface area contributed by atoms with Crippen LogP contribution in [0, 0.1) is 0 Å². The van der Waals surface area contributed by atoms with Gasteiger partial charge in [-0.05, 0) is 43.5 Å². The Balaban J connectivity index is 2.53. The third-order valence-corrected chi connectivity index (χ3v) is 3.22. The van der Waals surface area contributed by atoms with Crippen LogP contribution in [0.25, 0.3) is 10.8 Å². The first kappa shape index (κ1) is 13.6. The standard InChI is InChI=1S/C15H21N3O/c1-11(2)18(9-7-16)15-14-5-4-13(19-3)10-12(14)6-8-17-15/h4-6,8,10-11H,7,9,16H2,1-3H3. The van der Waals surface area contributed by atoms with E-state index in [0.717, 1.165) is 28.9 Å².